The van der Waals surface area contributed by atoms with E-state index in [2.05, 4.69) is 20.8 Å². The van der Waals surface area contributed by atoms with Crippen molar-refractivity contribution < 1.29 is 13.0 Å². The third-order valence-electron chi connectivity index (χ3n) is 4.58. The summed E-state index contributed by atoms with van der Waals surface area (Å²) in [5.74, 6) is 1.19. The quantitative estimate of drug-likeness (QED) is 0.512. The molecule has 0 fully saturated rings. The van der Waals surface area contributed by atoms with E-state index >= 15 is 0 Å². The van der Waals surface area contributed by atoms with Gasteiger partial charge in [0.15, 0.2) is 0 Å². The van der Waals surface area contributed by atoms with E-state index in [0.717, 1.165) is 18.8 Å². The first-order chi connectivity index (χ1) is 9.38. The van der Waals surface area contributed by atoms with Gasteiger partial charge in [-0.15, -0.1) is 0 Å². The van der Waals surface area contributed by atoms with Crippen LogP contribution in [0, 0.1) is 11.8 Å². The van der Waals surface area contributed by atoms with E-state index in [1.54, 1.807) is 0 Å². The SMILES string of the molecule is CCCCC(CC)CCC(CC)CC(CC)S(=O)(=O)O. The summed E-state index contributed by atoms with van der Waals surface area (Å²) in [6.07, 6.45) is 9.42. The molecule has 0 amide bonds. The van der Waals surface area contributed by atoms with Crippen LogP contribution >= 0.6 is 0 Å². The molecule has 0 bridgehead atoms. The van der Waals surface area contributed by atoms with Crippen molar-refractivity contribution in [3.05, 3.63) is 0 Å². The summed E-state index contributed by atoms with van der Waals surface area (Å²) >= 11 is 0. The van der Waals surface area contributed by atoms with Crippen LogP contribution in [0.1, 0.15) is 85.5 Å². The molecule has 0 saturated carbocycles. The van der Waals surface area contributed by atoms with Gasteiger partial charge in [-0.1, -0.05) is 72.6 Å². The number of hydrogen-bond donors (Lipinski definition) is 1. The Labute approximate surface area is 126 Å². The van der Waals surface area contributed by atoms with Crippen LogP contribution in [-0.2, 0) is 10.1 Å². The van der Waals surface area contributed by atoms with E-state index in [1.165, 1.54) is 32.1 Å². The lowest BCUT2D eigenvalue weighted by atomic mass is 9.87. The molecule has 3 unspecified atom stereocenters. The lowest BCUT2D eigenvalue weighted by molar-refractivity contribution is 0.333. The van der Waals surface area contributed by atoms with Crippen molar-refractivity contribution in [1.29, 1.82) is 0 Å². The van der Waals surface area contributed by atoms with Crippen molar-refractivity contribution in [2.75, 3.05) is 0 Å². The van der Waals surface area contributed by atoms with E-state index in [-0.39, 0.29) is 0 Å². The third kappa shape index (κ3) is 8.25. The molecule has 3 atom stereocenters. The smallest absolute Gasteiger partial charge is 0.267 e. The van der Waals surface area contributed by atoms with Crippen LogP contribution in [0.3, 0.4) is 0 Å². The molecular formula is C16H34O3S. The fourth-order valence-corrected chi connectivity index (χ4v) is 3.81. The van der Waals surface area contributed by atoms with Gasteiger partial charge < -0.3 is 0 Å². The van der Waals surface area contributed by atoms with Crippen LogP contribution in [0.25, 0.3) is 0 Å². The van der Waals surface area contributed by atoms with Crippen LogP contribution in [0.5, 0.6) is 0 Å². The number of rotatable bonds is 12. The monoisotopic (exact) mass is 306 g/mol. The fraction of sp³-hybridized carbons (Fsp3) is 1.00. The minimum atomic E-state index is -3.88. The maximum absolute atomic E-state index is 11.3. The Hall–Kier alpha value is -0.0900. The van der Waals surface area contributed by atoms with Gasteiger partial charge >= 0.3 is 0 Å². The first-order valence-corrected chi connectivity index (χ1v) is 9.85. The molecule has 0 aliphatic heterocycles. The summed E-state index contributed by atoms with van der Waals surface area (Å²) in [6, 6.07) is 0. The average Bonchev–Trinajstić information content (AvgIpc) is 2.40. The third-order valence-corrected chi connectivity index (χ3v) is 5.94. The first-order valence-electron chi connectivity index (χ1n) is 8.35. The zero-order valence-electron chi connectivity index (χ0n) is 13.8. The minimum Gasteiger partial charge on any atom is -0.285 e. The number of hydrogen-bond acceptors (Lipinski definition) is 2. The van der Waals surface area contributed by atoms with Crippen LogP contribution in [0.2, 0.25) is 0 Å². The Morgan fingerprint density at radius 1 is 0.850 bits per heavy atom. The topological polar surface area (TPSA) is 54.4 Å². The predicted molar refractivity (Wildman–Crippen MR) is 86.6 cm³/mol. The van der Waals surface area contributed by atoms with Crippen LogP contribution in [0.15, 0.2) is 0 Å². The molecule has 122 valence electrons. The predicted octanol–water partition coefficient (Wildman–Crippen LogP) is 5.07. The highest BCUT2D eigenvalue weighted by atomic mass is 32.2. The summed E-state index contributed by atoms with van der Waals surface area (Å²) in [4.78, 5) is 0. The minimum absolute atomic E-state index is 0.414. The molecule has 20 heavy (non-hydrogen) atoms. The molecule has 0 aliphatic rings. The van der Waals surface area contributed by atoms with Gasteiger partial charge in [-0.25, -0.2) is 0 Å². The summed E-state index contributed by atoms with van der Waals surface area (Å²) in [5, 5.41) is -0.580. The Kier molecular flexibility index (Phi) is 10.6. The standard InChI is InChI=1S/C16H34O3S/c1-5-9-10-14(6-2)11-12-15(7-3)13-16(8-4)20(17,18)19/h14-16H,5-13H2,1-4H3,(H,17,18,19). The second-order valence-corrected chi connectivity index (χ2v) is 7.75. The number of unbranched alkanes of at least 4 members (excludes halogenated alkanes) is 1. The molecule has 0 aromatic rings. The molecule has 0 aromatic carbocycles. The largest absolute Gasteiger partial charge is 0.285 e. The summed E-state index contributed by atoms with van der Waals surface area (Å²) < 4.78 is 31.8. The van der Waals surface area contributed by atoms with E-state index in [4.69, 9.17) is 0 Å². The van der Waals surface area contributed by atoms with Crippen LogP contribution in [-0.4, -0.2) is 18.2 Å². The van der Waals surface area contributed by atoms with Crippen molar-refractivity contribution in [3.8, 4) is 0 Å². The van der Waals surface area contributed by atoms with Gasteiger partial charge in [0.1, 0.15) is 0 Å². The molecule has 0 saturated heterocycles. The van der Waals surface area contributed by atoms with Gasteiger partial charge in [0.25, 0.3) is 10.1 Å². The van der Waals surface area contributed by atoms with Gasteiger partial charge in [0.2, 0.25) is 0 Å². The highest BCUT2D eigenvalue weighted by molar-refractivity contribution is 7.86. The van der Waals surface area contributed by atoms with Gasteiger partial charge in [-0.2, -0.15) is 8.42 Å². The maximum Gasteiger partial charge on any atom is 0.267 e. The van der Waals surface area contributed by atoms with E-state index in [0.29, 0.717) is 18.8 Å². The fourth-order valence-electron chi connectivity index (χ4n) is 2.88. The van der Waals surface area contributed by atoms with Crippen molar-refractivity contribution in [2.24, 2.45) is 11.8 Å². The van der Waals surface area contributed by atoms with Gasteiger partial charge in [0, 0.05) is 0 Å². The van der Waals surface area contributed by atoms with E-state index in [1.807, 2.05) is 6.92 Å². The van der Waals surface area contributed by atoms with Gasteiger partial charge in [-0.3, -0.25) is 4.55 Å². The zero-order chi connectivity index (χ0) is 15.6. The van der Waals surface area contributed by atoms with Crippen molar-refractivity contribution in [2.45, 2.75) is 90.7 Å². The van der Waals surface area contributed by atoms with Crippen LogP contribution < -0.4 is 0 Å². The Morgan fingerprint density at radius 3 is 1.80 bits per heavy atom. The normalized spacial score (nSPS) is 16.9. The van der Waals surface area contributed by atoms with E-state index in [9.17, 15) is 13.0 Å². The molecular weight excluding hydrogens is 272 g/mol. The lowest BCUT2D eigenvalue weighted by Gasteiger charge is -2.22. The molecule has 1 N–H and O–H groups in total. The molecule has 0 aliphatic carbocycles. The molecule has 0 spiro atoms. The first kappa shape index (κ1) is 19.9. The molecule has 0 rings (SSSR count). The average molecular weight is 307 g/mol. The highest BCUT2D eigenvalue weighted by Crippen LogP contribution is 2.27. The molecule has 4 heteroatoms. The van der Waals surface area contributed by atoms with Gasteiger partial charge in [-0.05, 0) is 24.7 Å². The van der Waals surface area contributed by atoms with Crippen molar-refractivity contribution in [3.63, 3.8) is 0 Å². The molecule has 0 radical (unpaired) electrons. The highest BCUT2D eigenvalue weighted by Gasteiger charge is 2.24. The Bertz CT molecular complexity index is 325. The Morgan fingerprint density at radius 2 is 1.40 bits per heavy atom. The summed E-state index contributed by atoms with van der Waals surface area (Å²) in [5.41, 5.74) is 0. The zero-order valence-corrected chi connectivity index (χ0v) is 14.6. The lowest BCUT2D eigenvalue weighted by Crippen LogP contribution is -2.23. The Balaban J connectivity index is 4.33. The van der Waals surface area contributed by atoms with Gasteiger partial charge in [0.05, 0.1) is 5.25 Å². The summed E-state index contributed by atoms with van der Waals surface area (Å²) in [7, 11) is -3.88. The van der Waals surface area contributed by atoms with Crippen molar-refractivity contribution in [1.82, 2.24) is 0 Å². The van der Waals surface area contributed by atoms with Crippen molar-refractivity contribution >= 4 is 10.1 Å². The second-order valence-electron chi connectivity index (χ2n) is 6.05. The maximum atomic E-state index is 11.3. The second kappa shape index (κ2) is 10.6. The molecule has 0 aromatic heterocycles. The molecule has 0 heterocycles. The summed E-state index contributed by atoms with van der Waals surface area (Å²) in [6.45, 7) is 8.42. The molecule has 3 nitrogen and oxygen atoms in total. The van der Waals surface area contributed by atoms with Crippen LogP contribution in [0.4, 0.5) is 0 Å². The van der Waals surface area contributed by atoms with E-state index < -0.39 is 15.4 Å².